The first-order chi connectivity index (χ1) is 18.0. The van der Waals surface area contributed by atoms with Crippen LogP contribution in [0.2, 0.25) is 0 Å². The number of nitrogens with zero attached hydrogens (tertiary/aromatic N) is 5. The van der Waals surface area contributed by atoms with Crippen LogP contribution in [0.15, 0.2) is 41.6 Å². The van der Waals surface area contributed by atoms with E-state index in [1.165, 1.54) is 4.31 Å². The smallest absolute Gasteiger partial charge is 0.242 e. The predicted octanol–water partition coefficient (Wildman–Crippen LogP) is 1.95. The normalized spacial score (nSPS) is 12.2. The van der Waals surface area contributed by atoms with Crippen LogP contribution in [-0.4, -0.2) is 94.6 Å². The molecule has 1 unspecified atom stereocenters. The van der Waals surface area contributed by atoms with Crippen molar-refractivity contribution in [3.63, 3.8) is 0 Å². The third-order valence-corrected chi connectivity index (χ3v) is 7.94. The number of aryl methyl sites for hydroxylation is 2. The van der Waals surface area contributed by atoms with Gasteiger partial charge in [0.25, 0.3) is 0 Å². The third kappa shape index (κ3) is 7.40. The van der Waals surface area contributed by atoms with E-state index < -0.39 is 11.0 Å². The Labute approximate surface area is 227 Å². The minimum absolute atomic E-state index is 0.109. The van der Waals surface area contributed by atoms with E-state index in [0.717, 1.165) is 40.8 Å². The van der Waals surface area contributed by atoms with E-state index in [9.17, 15) is 13.8 Å². The lowest BCUT2D eigenvalue weighted by Gasteiger charge is -2.20. The third-order valence-electron chi connectivity index (χ3n) is 6.25. The minimum atomic E-state index is -1.53. The quantitative estimate of drug-likeness (QED) is 0.376. The van der Waals surface area contributed by atoms with Gasteiger partial charge in [-0.15, -0.1) is 0 Å². The lowest BCUT2D eigenvalue weighted by molar-refractivity contribution is -0.132. The molecule has 0 spiro atoms. The van der Waals surface area contributed by atoms with E-state index in [-0.39, 0.29) is 24.9 Å². The number of likely N-dealkylation sites (N-methyl/N-ethyl adjacent to an activating group) is 3. The molecule has 11 heteroatoms. The molecule has 3 rings (SSSR count). The van der Waals surface area contributed by atoms with E-state index >= 15 is 0 Å². The van der Waals surface area contributed by atoms with Crippen LogP contribution < -0.4 is 10.1 Å². The molecular formula is C27H38N6O4S. The van der Waals surface area contributed by atoms with Crippen molar-refractivity contribution in [1.29, 1.82) is 0 Å². The van der Waals surface area contributed by atoms with Crippen LogP contribution in [0.3, 0.4) is 0 Å². The zero-order valence-corrected chi connectivity index (χ0v) is 24.1. The summed E-state index contributed by atoms with van der Waals surface area (Å²) in [5.41, 5.74) is 4.54. The highest BCUT2D eigenvalue weighted by Crippen LogP contribution is 2.25. The maximum atomic E-state index is 13.1. The summed E-state index contributed by atoms with van der Waals surface area (Å²) in [6.45, 7) is 5.64. The fraction of sp³-hybridized carbons (Fsp3) is 0.444. The molecule has 3 aromatic rings. The number of nitrogens with one attached hydrogen (secondary N) is 1. The number of carbonyl (C=O) groups excluding carboxylic acids is 2. The van der Waals surface area contributed by atoms with Crippen LogP contribution in [0.1, 0.15) is 16.7 Å². The number of aromatic nitrogens is 2. The summed E-state index contributed by atoms with van der Waals surface area (Å²) in [6.07, 6.45) is 1.84. The van der Waals surface area contributed by atoms with Crippen LogP contribution in [0, 0.1) is 13.8 Å². The molecule has 0 aliphatic heterocycles. The monoisotopic (exact) mass is 542 g/mol. The molecule has 0 saturated heterocycles. The minimum Gasteiger partial charge on any atom is -0.497 e. The number of ether oxygens (including phenoxy) is 1. The number of hydrogen-bond donors (Lipinski definition) is 1. The van der Waals surface area contributed by atoms with E-state index in [2.05, 4.69) is 19.8 Å². The van der Waals surface area contributed by atoms with Gasteiger partial charge in [0, 0.05) is 33.7 Å². The van der Waals surface area contributed by atoms with Crippen LogP contribution in [-0.2, 0) is 33.7 Å². The van der Waals surface area contributed by atoms with Gasteiger partial charge in [0.1, 0.15) is 16.7 Å². The summed E-state index contributed by atoms with van der Waals surface area (Å²) >= 11 is 0. The Bertz CT molecular complexity index is 1300. The Morgan fingerprint density at radius 3 is 2.39 bits per heavy atom. The van der Waals surface area contributed by atoms with Crippen LogP contribution in [0.5, 0.6) is 5.75 Å². The Kier molecular flexibility index (Phi) is 10.0. The number of methoxy groups -OCH3 is 1. The van der Waals surface area contributed by atoms with Crippen molar-refractivity contribution in [3.8, 4) is 5.75 Å². The largest absolute Gasteiger partial charge is 0.497 e. The van der Waals surface area contributed by atoms with E-state index in [0.29, 0.717) is 17.2 Å². The topological polar surface area (TPSA) is 100 Å². The average Bonchev–Trinajstić information content (AvgIpc) is 3.27. The van der Waals surface area contributed by atoms with Gasteiger partial charge in [-0.25, -0.2) is 13.5 Å². The highest BCUT2D eigenvalue weighted by Gasteiger charge is 2.20. The lowest BCUT2D eigenvalue weighted by atomic mass is 10.1. The number of rotatable bonds is 12. The number of imidazole rings is 1. The molecular weight excluding hydrogens is 504 g/mol. The van der Waals surface area contributed by atoms with Gasteiger partial charge in [-0.2, -0.15) is 0 Å². The van der Waals surface area contributed by atoms with Gasteiger partial charge in [-0.05, 0) is 68.9 Å². The van der Waals surface area contributed by atoms with Crippen molar-refractivity contribution in [2.24, 2.45) is 0 Å². The predicted molar refractivity (Wildman–Crippen MR) is 149 cm³/mol. The first-order valence-electron chi connectivity index (χ1n) is 12.4. The zero-order valence-electron chi connectivity index (χ0n) is 23.3. The number of hydrogen-bond acceptors (Lipinski definition) is 6. The highest BCUT2D eigenvalue weighted by molar-refractivity contribution is 7.82. The molecule has 206 valence electrons. The highest BCUT2D eigenvalue weighted by atomic mass is 32.2. The van der Waals surface area contributed by atoms with E-state index in [4.69, 9.17) is 4.74 Å². The second-order valence-corrected chi connectivity index (χ2v) is 11.2. The molecule has 0 fully saturated rings. The zero-order chi connectivity index (χ0) is 28.0. The van der Waals surface area contributed by atoms with Gasteiger partial charge >= 0.3 is 0 Å². The molecule has 1 aromatic heterocycles. The molecule has 0 saturated carbocycles. The SMILES string of the molecule is COc1cc(C)c(S(=O)N(C)CC(=O)NCC(=O)N(C)Cc2ccc3c(c2)ncn3CCN(C)C)c(C)c1. The summed E-state index contributed by atoms with van der Waals surface area (Å²) < 4.78 is 21.9. The molecule has 2 aromatic carbocycles. The fourth-order valence-corrected chi connectivity index (χ4v) is 5.36. The summed E-state index contributed by atoms with van der Waals surface area (Å²) in [5.74, 6) is 0.0926. The van der Waals surface area contributed by atoms with Crippen molar-refractivity contribution in [3.05, 3.63) is 53.3 Å². The molecule has 0 radical (unpaired) electrons. The Balaban J connectivity index is 1.51. The number of benzene rings is 2. The molecule has 1 N–H and O–H groups in total. The lowest BCUT2D eigenvalue weighted by Crippen LogP contribution is -2.42. The van der Waals surface area contributed by atoms with Gasteiger partial charge in [0.2, 0.25) is 11.8 Å². The van der Waals surface area contributed by atoms with Gasteiger partial charge in [-0.3, -0.25) is 9.59 Å². The summed E-state index contributed by atoms with van der Waals surface area (Å²) in [6, 6.07) is 9.63. The first-order valence-corrected chi connectivity index (χ1v) is 13.5. The van der Waals surface area contributed by atoms with Gasteiger partial charge in [-0.1, -0.05) is 6.07 Å². The molecule has 2 amide bonds. The standard InChI is InChI=1S/C27H38N6O4S/c1-19-12-22(37-7)13-20(2)27(19)38(36)32(6)17-25(34)28-15-26(35)31(5)16-21-8-9-24-23(14-21)29-18-33(24)11-10-30(3)4/h8-9,12-14,18H,10-11,15-17H2,1-7H3,(H,28,34). The second-order valence-electron chi connectivity index (χ2n) is 9.72. The second kappa shape index (κ2) is 13.0. The van der Waals surface area contributed by atoms with Gasteiger partial charge in [0.05, 0.1) is 42.5 Å². The molecule has 0 aliphatic carbocycles. The Hall–Kier alpha value is -3.28. The maximum Gasteiger partial charge on any atom is 0.242 e. The first kappa shape index (κ1) is 29.3. The fourth-order valence-electron chi connectivity index (χ4n) is 4.14. The van der Waals surface area contributed by atoms with Crippen LogP contribution in [0.25, 0.3) is 11.0 Å². The van der Waals surface area contributed by atoms with Crippen molar-refractivity contribution in [2.45, 2.75) is 31.8 Å². The summed E-state index contributed by atoms with van der Waals surface area (Å²) in [4.78, 5) is 34.0. The molecule has 0 bridgehead atoms. The van der Waals surface area contributed by atoms with Crippen LogP contribution >= 0.6 is 0 Å². The Morgan fingerprint density at radius 2 is 1.76 bits per heavy atom. The van der Waals surface area contributed by atoms with Crippen molar-refractivity contribution in [1.82, 2.24) is 29.0 Å². The molecule has 10 nitrogen and oxygen atoms in total. The number of fused-ring (bicyclic) bond motifs is 1. The van der Waals surface area contributed by atoms with Crippen molar-refractivity contribution < 1.29 is 18.5 Å². The van der Waals surface area contributed by atoms with Crippen LogP contribution in [0.4, 0.5) is 0 Å². The van der Waals surface area contributed by atoms with Crippen molar-refractivity contribution >= 4 is 33.8 Å². The summed E-state index contributed by atoms with van der Waals surface area (Å²) in [5, 5.41) is 2.64. The molecule has 1 heterocycles. The molecule has 0 aliphatic rings. The Morgan fingerprint density at radius 1 is 1.08 bits per heavy atom. The van der Waals surface area contributed by atoms with E-state index in [1.54, 1.807) is 26.1 Å². The molecule has 1 atom stereocenters. The van der Waals surface area contributed by atoms with E-state index in [1.807, 2.05) is 64.6 Å². The maximum absolute atomic E-state index is 13.1. The number of carbonyl (C=O) groups is 2. The molecule has 38 heavy (non-hydrogen) atoms. The van der Waals surface area contributed by atoms with Crippen molar-refractivity contribution in [2.75, 3.05) is 54.9 Å². The van der Waals surface area contributed by atoms with Gasteiger partial charge in [0.15, 0.2) is 0 Å². The summed E-state index contributed by atoms with van der Waals surface area (Å²) in [7, 11) is 7.44. The number of amides is 2. The van der Waals surface area contributed by atoms with Gasteiger partial charge < -0.3 is 24.4 Å². The average molecular weight is 543 g/mol.